The Morgan fingerprint density at radius 2 is 1.49 bits per heavy atom. The number of hydrogen-bond donors (Lipinski definition) is 5. The van der Waals surface area contributed by atoms with E-state index in [2.05, 4.69) is 15.0 Å². The first-order valence-electron chi connectivity index (χ1n) is 16.3. The maximum atomic E-state index is 17.1. The molecule has 0 fully saturated rings. The summed E-state index contributed by atoms with van der Waals surface area (Å²) in [5.41, 5.74) is 0.0460. The first kappa shape index (κ1) is 42.0. The first-order valence-corrected chi connectivity index (χ1v) is 28.5. The van der Waals surface area contributed by atoms with Crippen molar-refractivity contribution in [3.63, 3.8) is 0 Å². The van der Waals surface area contributed by atoms with E-state index in [9.17, 15) is 38.9 Å². The molecule has 2 aromatic carbocycles. The summed E-state index contributed by atoms with van der Waals surface area (Å²) >= 11 is 0.700. The molecule has 1 aliphatic carbocycles. The minimum atomic E-state index is -5.49. The van der Waals surface area contributed by atoms with Crippen molar-refractivity contribution in [1.82, 2.24) is 9.97 Å². The monoisotopic (exact) mass is 1090 g/mol. The summed E-state index contributed by atoms with van der Waals surface area (Å²) in [6.45, 7) is 3.63. The summed E-state index contributed by atoms with van der Waals surface area (Å²) < 4.78 is 146. The van der Waals surface area contributed by atoms with Crippen LogP contribution in [0, 0.1) is 15.2 Å². The van der Waals surface area contributed by atoms with E-state index >= 15 is 8.78 Å². The molecular formula is C35H32F2I2N4O10S4. The van der Waals surface area contributed by atoms with Crippen molar-refractivity contribution in [3.05, 3.63) is 68.6 Å². The van der Waals surface area contributed by atoms with Gasteiger partial charge in [0.2, 0.25) is 0 Å². The van der Waals surface area contributed by atoms with Crippen LogP contribution in [0.25, 0.3) is 55.9 Å². The van der Waals surface area contributed by atoms with Gasteiger partial charge in [0, 0.05) is 0 Å². The van der Waals surface area contributed by atoms with Gasteiger partial charge in [-0.05, 0) is 13.8 Å². The normalized spacial score (nSPS) is 15.1. The van der Waals surface area contributed by atoms with Crippen LogP contribution in [0.2, 0.25) is 0 Å². The van der Waals surface area contributed by atoms with Gasteiger partial charge in [-0.2, -0.15) is 8.42 Å². The zero-order valence-electron chi connectivity index (χ0n) is 30.5. The predicted octanol–water partition coefficient (Wildman–Crippen LogP) is 7.85. The van der Waals surface area contributed by atoms with Crippen molar-refractivity contribution in [3.8, 4) is 45.0 Å². The van der Waals surface area contributed by atoms with E-state index in [1.807, 2.05) is 51.2 Å². The van der Waals surface area contributed by atoms with Crippen LogP contribution in [0.3, 0.4) is 0 Å². The van der Waals surface area contributed by atoms with Gasteiger partial charge >= 0.3 is 327 Å². The van der Waals surface area contributed by atoms with Gasteiger partial charge in [0.15, 0.2) is 0 Å². The first-order chi connectivity index (χ1) is 26.4. The zero-order valence-corrected chi connectivity index (χ0v) is 38.1. The average molecular weight is 1090 g/mol. The SMILES string of the molecule is CN=c1cc2oc3cc4c(cc3c(-c3c(F)c(SCI)cc(F)c3S(=O)(=O)O)c-2cc1-c1[nH]c(S(=O)(=O)O)cc1I(C)C)-c1[nH]c(S(=O)(=O)O)cc1C(C)(C)N4C. The number of alkyl halides is 3. The van der Waals surface area contributed by atoms with Crippen LogP contribution in [0.5, 0.6) is 0 Å². The number of H-pyrrole nitrogens is 2. The maximum absolute atomic E-state index is 17.1. The van der Waals surface area contributed by atoms with E-state index in [1.54, 1.807) is 13.1 Å². The van der Waals surface area contributed by atoms with E-state index in [0.29, 0.717) is 26.5 Å². The molecular weight excluding hydrogens is 1060 g/mol. The topological polar surface area (TPSA) is 223 Å². The van der Waals surface area contributed by atoms with Crippen LogP contribution in [-0.2, 0) is 35.9 Å². The van der Waals surface area contributed by atoms with E-state index < -0.39 is 87.9 Å². The summed E-state index contributed by atoms with van der Waals surface area (Å²) in [7, 11) is -11.7. The third-order valence-corrected chi connectivity index (χ3v) is 17.2. The molecule has 7 rings (SSSR count). The van der Waals surface area contributed by atoms with Gasteiger partial charge in [0.1, 0.15) is 0 Å². The Bertz CT molecular complexity index is 3090. The van der Waals surface area contributed by atoms with Crippen molar-refractivity contribution in [1.29, 1.82) is 0 Å². The Balaban J connectivity index is 1.74. The van der Waals surface area contributed by atoms with Gasteiger partial charge in [-0.15, -0.1) is 0 Å². The average Bonchev–Trinajstić information content (AvgIpc) is 3.77. The number of halogens is 4. The molecule has 0 atom stereocenters. The van der Waals surface area contributed by atoms with E-state index in [1.165, 1.54) is 37.4 Å². The molecule has 57 heavy (non-hydrogen) atoms. The molecule has 14 nitrogen and oxygen atoms in total. The Morgan fingerprint density at radius 3 is 2.07 bits per heavy atom. The number of aromatic nitrogens is 2. The van der Waals surface area contributed by atoms with Gasteiger partial charge in [-0.1, -0.05) is 0 Å². The van der Waals surface area contributed by atoms with Crippen molar-refractivity contribution in [2.24, 2.45) is 4.99 Å². The fraction of sp³-hybridized carbons (Fsp3) is 0.229. The Hall–Kier alpha value is -3.11. The van der Waals surface area contributed by atoms with Crippen LogP contribution < -0.4 is 10.3 Å². The zero-order chi connectivity index (χ0) is 41.9. The predicted molar refractivity (Wildman–Crippen MR) is 229 cm³/mol. The second-order valence-corrected chi connectivity index (χ2v) is 26.1. The summed E-state index contributed by atoms with van der Waals surface area (Å²) in [5.74, 6) is -2.61. The third kappa shape index (κ3) is 7.00. The Morgan fingerprint density at radius 1 is 0.860 bits per heavy atom. The van der Waals surface area contributed by atoms with Crippen LogP contribution in [0.1, 0.15) is 19.4 Å². The Labute approximate surface area is 350 Å². The molecule has 0 unspecified atom stereocenters. The van der Waals surface area contributed by atoms with Crippen molar-refractivity contribution in [2.45, 2.75) is 39.2 Å². The molecule has 0 saturated heterocycles. The van der Waals surface area contributed by atoms with Crippen LogP contribution in [-0.4, -0.2) is 76.6 Å². The number of aromatic amines is 2. The number of thioether (sulfide) groups is 1. The number of rotatable bonds is 8. The summed E-state index contributed by atoms with van der Waals surface area (Å²) in [4.78, 5) is 14.0. The fourth-order valence-electron chi connectivity index (χ4n) is 7.10. The van der Waals surface area contributed by atoms with E-state index in [4.69, 9.17) is 4.42 Å². The fourth-order valence-corrected chi connectivity index (χ4v) is 13.0. The summed E-state index contributed by atoms with van der Waals surface area (Å²) in [6, 6.07) is 9.25. The molecule has 0 radical (unpaired) electrons. The molecule has 2 aromatic heterocycles. The molecule has 304 valence electrons. The Kier molecular flexibility index (Phi) is 10.5. The quantitative estimate of drug-likeness (QED) is 0.0323. The summed E-state index contributed by atoms with van der Waals surface area (Å²) in [5, 5.41) is -0.740. The second-order valence-electron chi connectivity index (χ2n) is 13.6. The number of hydrogen-bond acceptors (Lipinski definition) is 10. The molecule has 22 heteroatoms. The number of nitrogens with one attached hydrogen (secondary N) is 2. The molecule has 0 spiro atoms. The van der Waals surface area contributed by atoms with Gasteiger partial charge < -0.3 is 0 Å². The summed E-state index contributed by atoms with van der Waals surface area (Å²) in [6.07, 6.45) is 0. The molecule has 3 aliphatic rings. The van der Waals surface area contributed by atoms with Crippen molar-refractivity contribution in [2.75, 3.05) is 32.6 Å². The van der Waals surface area contributed by atoms with Crippen molar-refractivity contribution >= 4 is 101 Å². The van der Waals surface area contributed by atoms with Gasteiger partial charge in [0.25, 0.3) is 0 Å². The standard InChI is InChI=1S/C35H32F2I2N4O10S4/c1-35(2)19-9-27(55(44,45)46)41-32(19)16-8-18-25(13-23(16)43(35)6)53-24-12-22(40-5)15(33-21(39(3)4)11-28(42-33)56(47,48)49)7-17(24)29(18)30-31(37)26(54-14-38)10-20(36)34(30)57(50,51)52/h7-13,41-42H,14H2,1-6H3,(H,44,45,46)(H,47,48,49)(H,50,51,52). The number of anilines is 1. The van der Waals surface area contributed by atoms with Crippen LogP contribution in [0.4, 0.5) is 14.5 Å². The number of benzene rings is 3. The molecule has 2 aliphatic heterocycles. The van der Waals surface area contributed by atoms with Crippen LogP contribution >= 0.6 is 54.2 Å². The third-order valence-electron chi connectivity index (χ3n) is 9.95. The van der Waals surface area contributed by atoms with Gasteiger partial charge in [-0.3, -0.25) is 4.55 Å². The molecule has 0 amide bonds. The van der Waals surface area contributed by atoms with Gasteiger partial charge in [0.05, 0.1) is 0 Å². The van der Waals surface area contributed by atoms with Crippen molar-refractivity contribution < 1.29 is 52.1 Å². The number of nitrogens with zero attached hydrogens (tertiary/aromatic N) is 2. The molecule has 5 N–H and O–H groups in total. The van der Waals surface area contributed by atoms with Gasteiger partial charge in [-0.25, -0.2) is 0 Å². The van der Waals surface area contributed by atoms with E-state index in [0.717, 1.165) is 11.8 Å². The molecule has 0 saturated carbocycles. The van der Waals surface area contributed by atoms with Crippen LogP contribution in [0.15, 0.2) is 71.7 Å². The molecule has 4 heterocycles. The molecule has 0 bridgehead atoms. The second kappa shape index (κ2) is 14.3. The minimum absolute atomic E-state index is 0.0000382. The van der Waals surface area contributed by atoms with E-state index in [-0.39, 0.29) is 58.8 Å². The molecule has 4 aromatic rings. The number of fused-ring (bicyclic) bond motifs is 5.